The first-order chi connectivity index (χ1) is 12.5. The van der Waals surface area contributed by atoms with Crippen LogP contribution in [0.15, 0.2) is 35.2 Å². The molecule has 1 heterocycles. The number of fused-ring (bicyclic) bond motifs is 1. The summed E-state index contributed by atoms with van der Waals surface area (Å²) in [7, 11) is -7.20. The first kappa shape index (κ1) is 19.7. The lowest BCUT2D eigenvalue weighted by atomic mass is 10.0. The summed E-state index contributed by atoms with van der Waals surface area (Å²) in [5.74, 6) is 0. The van der Waals surface area contributed by atoms with E-state index in [9.17, 15) is 16.8 Å². The van der Waals surface area contributed by atoms with E-state index in [0.717, 1.165) is 30.2 Å². The molecular weight excluding hydrogens is 384 g/mol. The Hall–Kier alpha value is -2.06. The maximum absolute atomic E-state index is 13.0. The molecule has 0 saturated carbocycles. The second-order valence-corrected chi connectivity index (χ2v) is 10.6. The molecule has 6 nitrogen and oxygen atoms in total. The molecule has 1 aliphatic rings. The van der Waals surface area contributed by atoms with Gasteiger partial charge in [0.05, 0.1) is 22.5 Å². The van der Waals surface area contributed by atoms with Crippen molar-refractivity contribution in [2.45, 2.75) is 38.5 Å². The van der Waals surface area contributed by atoms with Gasteiger partial charge in [-0.3, -0.25) is 9.03 Å². The fraction of sp³-hybridized carbons (Fsp3) is 0.368. The summed E-state index contributed by atoms with van der Waals surface area (Å²) in [6.45, 7) is 5.87. The van der Waals surface area contributed by atoms with Crippen molar-refractivity contribution in [3.63, 3.8) is 0 Å². The summed E-state index contributed by atoms with van der Waals surface area (Å²) in [5, 5.41) is 0. The van der Waals surface area contributed by atoms with Crippen molar-refractivity contribution in [2.24, 2.45) is 0 Å². The molecule has 0 spiro atoms. The van der Waals surface area contributed by atoms with Crippen LogP contribution in [0.4, 0.5) is 11.4 Å². The van der Waals surface area contributed by atoms with Crippen molar-refractivity contribution < 1.29 is 16.8 Å². The van der Waals surface area contributed by atoms with Crippen LogP contribution in [0.25, 0.3) is 0 Å². The fourth-order valence-electron chi connectivity index (χ4n) is 3.75. The van der Waals surface area contributed by atoms with Gasteiger partial charge in [-0.15, -0.1) is 0 Å². The number of nitrogens with one attached hydrogen (secondary N) is 1. The Kier molecular flexibility index (Phi) is 4.98. The quantitative estimate of drug-likeness (QED) is 0.842. The van der Waals surface area contributed by atoms with Gasteiger partial charge < -0.3 is 0 Å². The van der Waals surface area contributed by atoms with Crippen LogP contribution < -0.4 is 9.03 Å². The topological polar surface area (TPSA) is 83.6 Å². The molecule has 0 amide bonds. The lowest BCUT2D eigenvalue weighted by Gasteiger charge is -2.29. The summed E-state index contributed by atoms with van der Waals surface area (Å²) in [6, 6.07) is 8.74. The third-order valence-corrected chi connectivity index (χ3v) is 7.55. The van der Waals surface area contributed by atoms with Crippen LogP contribution in [0.1, 0.15) is 28.7 Å². The highest BCUT2D eigenvalue weighted by Gasteiger charge is 2.26. The van der Waals surface area contributed by atoms with Gasteiger partial charge in [-0.1, -0.05) is 23.8 Å². The van der Waals surface area contributed by atoms with E-state index in [2.05, 4.69) is 4.72 Å². The summed E-state index contributed by atoms with van der Waals surface area (Å²) < 4.78 is 54.0. The molecule has 1 aliphatic heterocycles. The van der Waals surface area contributed by atoms with Gasteiger partial charge in [0.15, 0.2) is 0 Å². The van der Waals surface area contributed by atoms with Gasteiger partial charge in [0, 0.05) is 6.54 Å². The molecule has 0 saturated heterocycles. The van der Waals surface area contributed by atoms with Gasteiger partial charge in [0.25, 0.3) is 10.0 Å². The number of benzene rings is 2. The zero-order chi connectivity index (χ0) is 20.0. The molecule has 0 radical (unpaired) electrons. The van der Waals surface area contributed by atoms with E-state index < -0.39 is 20.0 Å². The van der Waals surface area contributed by atoms with E-state index in [1.807, 2.05) is 19.1 Å². The van der Waals surface area contributed by atoms with Crippen LogP contribution >= 0.6 is 0 Å². The van der Waals surface area contributed by atoms with Crippen LogP contribution in [0, 0.1) is 20.8 Å². The number of hydrogen-bond acceptors (Lipinski definition) is 4. The number of anilines is 2. The molecule has 2 aromatic carbocycles. The van der Waals surface area contributed by atoms with Gasteiger partial charge in [-0.05, 0) is 62.4 Å². The number of nitrogens with zero attached hydrogens (tertiary/aromatic N) is 1. The van der Waals surface area contributed by atoms with E-state index in [1.165, 1.54) is 4.31 Å². The van der Waals surface area contributed by atoms with Gasteiger partial charge in [-0.25, -0.2) is 16.8 Å². The van der Waals surface area contributed by atoms with Crippen LogP contribution in [-0.2, 0) is 26.5 Å². The maximum atomic E-state index is 13.0. The van der Waals surface area contributed by atoms with Gasteiger partial charge in [0.2, 0.25) is 10.0 Å². The minimum atomic E-state index is -3.79. The minimum Gasteiger partial charge on any atom is -0.280 e. The molecule has 0 bridgehead atoms. The Morgan fingerprint density at radius 2 is 1.59 bits per heavy atom. The third-order valence-electron chi connectivity index (χ3n) is 4.69. The van der Waals surface area contributed by atoms with Gasteiger partial charge >= 0.3 is 0 Å². The van der Waals surface area contributed by atoms with Crippen molar-refractivity contribution in [1.29, 1.82) is 0 Å². The maximum Gasteiger partial charge on any atom is 0.262 e. The van der Waals surface area contributed by atoms with Gasteiger partial charge in [-0.2, -0.15) is 0 Å². The monoisotopic (exact) mass is 408 g/mol. The highest BCUT2D eigenvalue weighted by atomic mass is 32.2. The number of hydrogen-bond donors (Lipinski definition) is 1. The fourth-order valence-corrected chi connectivity index (χ4v) is 6.24. The minimum absolute atomic E-state index is 0.255. The molecule has 0 aromatic heterocycles. The highest BCUT2D eigenvalue weighted by molar-refractivity contribution is 7.93. The molecule has 146 valence electrons. The lowest BCUT2D eigenvalue weighted by Crippen LogP contribution is -2.34. The smallest absolute Gasteiger partial charge is 0.262 e. The Labute approximate surface area is 161 Å². The van der Waals surface area contributed by atoms with Crippen LogP contribution in [0.5, 0.6) is 0 Å². The van der Waals surface area contributed by atoms with E-state index in [0.29, 0.717) is 29.0 Å². The number of aryl methyl sites for hydroxylation is 4. The van der Waals surface area contributed by atoms with E-state index in [1.54, 1.807) is 32.0 Å². The van der Waals surface area contributed by atoms with Crippen LogP contribution in [-0.4, -0.2) is 29.6 Å². The normalized spacial score (nSPS) is 14.7. The molecule has 0 aliphatic carbocycles. The molecule has 2 aromatic rings. The Balaban J connectivity index is 2.02. The van der Waals surface area contributed by atoms with Crippen LogP contribution in [0.3, 0.4) is 0 Å². The molecule has 8 heteroatoms. The summed E-state index contributed by atoms with van der Waals surface area (Å²) in [5.41, 5.74) is 4.15. The first-order valence-corrected chi connectivity index (χ1v) is 12.0. The van der Waals surface area contributed by atoms with E-state index >= 15 is 0 Å². The van der Waals surface area contributed by atoms with Crippen molar-refractivity contribution in [3.8, 4) is 0 Å². The molecule has 0 atom stereocenters. The summed E-state index contributed by atoms with van der Waals surface area (Å²) in [4.78, 5) is 0.255. The van der Waals surface area contributed by atoms with E-state index in [4.69, 9.17) is 0 Å². The molecule has 27 heavy (non-hydrogen) atoms. The molecular formula is C19H24N2O4S2. The molecule has 3 rings (SSSR count). The van der Waals surface area contributed by atoms with Crippen molar-refractivity contribution >= 4 is 31.4 Å². The summed E-state index contributed by atoms with van der Waals surface area (Å²) in [6.07, 6.45) is 2.68. The predicted octanol–water partition coefficient (Wildman–Crippen LogP) is 3.12. The van der Waals surface area contributed by atoms with Crippen molar-refractivity contribution in [1.82, 2.24) is 0 Å². The Morgan fingerprint density at radius 1 is 0.963 bits per heavy atom. The van der Waals surface area contributed by atoms with E-state index in [-0.39, 0.29) is 4.90 Å². The van der Waals surface area contributed by atoms with Crippen LogP contribution in [0.2, 0.25) is 0 Å². The zero-order valence-electron chi connectivity index (χ0n) is 15.9. The SMILES string of the molecule is Cc1cc(C)c(S(=O)(=O)Nc2ccc3c(c2)N(S(C)(=O)=O)CCC3)c(C)c1. The Bertz CT molecular complexity index is 1080. The second kappa shape index (κ2) is 6.83. The highest BCUT2D eigenvalue weighted by Crippen LogP contribution is 2.33. The molecule has 1 N–H and O–H groups in total. The second-order valence-electron chi connectivity index (χ2n) is 7.12. The molecule has 0 fully saturated rings. The standard InChI is InChI=1S/C19H24N2O4S2/c1-13-10-14(2)19(15(3)11-13)27(24,25)20-17-8-7-16-6-5-9-21(18(16)12-17)26(4,22)23/h7-8,10-12,20H,5-6,9H2,1-4H3. The molecule has 0 unspecified atom stereocenters. The first-order valence-electron chi connectivity index (χ1n) is 8.70. The lowest BCUT2D eigenvalue weighted by molar-refractivity contribution is 0.592. The van der Waals surface area contributed by atoms with Gasteiger partial charge in [0.1, 0.15) is 0 Å². The van der Waals surface area contributed by atoms with Crippen molar-refractivity contribution in [2.75, 3.05) is 21.8 Å². The van der Waals surface area contributed by atoms with Crippen molar-refractivity contribution in [3.05, 3.63) is 52.6 Å². The summed E-state index contributed by atoms with van der Waals surface area (Å²) >= 11 is 0. The number of sulfonamides is 2. The average Bonchev–Trinajstić information content (AvgIpc) is 2.51. The third kappa shape index (κ3) is 3.96. The number of rotatable bonds is 4. The predicted molar refractivity (Wildman–Crippen MR) is 108 cm³/mol. The Morgan fingerprint density at radius 3 is 2.19 bits per heavy atom. The largest absolute Gasteiger partial charge is 0.280 e. The zero-order valence-corrected chi connectivity index (χ0v) is 17.5. The average molecular weight is 409 g/mol.